The van der Waals surface area contributed by atoms with Crippen molar-refractivity contribution < 1.29 is 14.8 Å². The number of hydrogen-bond donors (Lipinski definition) is 3. The highest BCUT2D eigenvalue weighted by Gasteiger charge is 2.19. The van der Waals surface area contributed by atoms with Crippen molar-refractivity contribution in [3.8, 4) is 0 Å². The van der Waals surface area contributed by atoms with Gasteiger partial charge in [-0.3, -0.25) is 14.8 Å². The fraction of sp³-hybridized carbons (Fsp3) is 0.200. The number of aromatic nitrogens is 3. The Hall–Kier alpha value is -4.04. The predicted molar refractivity (Wildman–Crippen MR) is 124 cm³/mol. The largest absolute Gasteiger partial charge is 0.346 e. The first-order valence-electron chi connectivity index (χ1n) is 10.7. The molecule has 4 aromatic rings. The lowest BCUT2D eigenvalue weighted by Gasteiger charge is -2.16. The van der Waals surface area contributed by atoms with Gasteiger partial charge in [0, 0.05) is 5.56 Å². The summed E-state index contributed by atoms with van der Waals surface area (Å²) in [5.41, 5.74) is 4.95. The molecule has 2 amide bonds. The smallest absolute Gasteiger partial charge is 0.251 e. The number of hydrogen-bond acceptors (Lipinski definition) is 5. The maximum absolute atomic E-state index is 12.4. The molecule has 1 heterocycles. The van der Waals surface area contributed by atoms with E-state index in [9.17, 15) is 9.59 Å². The lowest BCUT2D eigenvalue weighted by molar-refractivity contribution is -0.130. The van der Waals surface area contributed by atoms with E-state index in [2.05, 4.69) is 21.7 Å². The normalized spacial score (nSPS) is 11.8. The highest BCUT2D eigenvalue weighted by molar-refractivity contribution is 5.94. The lowest BCUT2D eigenvalue weighted by atomic mass is 10.00. The van der Waals surface area contributed by atoms with Gasteiger partial charge in [-0.1, -0.05) is 65.4 Å². The second-order valence-electron chi connectivity index (χ2n) is 8.02. The van der Waals surface area contributed by atoms with Crippen LogP contribution >= 0.6 is 0 Å². The topological polar surface area (TPSA) is 109 Å². The number of carbonyl (C=O) groups excluding carboxylic acids is 2. The average Bonchev–Trinajstić information content (AvgIpc) is 3.31. The van der Waals surface area contributed by atoms with E-state index >= 15 is 0 Å². The Kier molecular flexibility index (Phi) is 6.75. The van der Waals surface area contributed by atoms with Crippen molar-refractivity contribution >= 4 is 22.6 Å². The number of benzene rings is 3. The Balaban J connectivity index is 1.47. The molecule has 33 heavy (non-hydrogen) atoms. The van der Waals surface area contributed by atoms with Crippen molar-refractivity contribution in [2.75, 3.05) is 0 Å². The predicted octanol–water partition coefficient (Wildman–Crippen LogP) is 3.35. The zero-order valence-electron chi connectivity index (χ0n) is 18.2. The van der Waals surface area contributed by atoms with E-state index in [1.54, 1.807) is 28.5 Å². The summed E-state index contributed by atoms with van der Waals surface area (Å²) in [6.07, 6.45) is 2.27. The van der Waals surface area contributed by atoms with Gasteiger partial charge in [0.2, 0.25) is 5.91 Å². The molecule has 0 aliphatic rings. The Labute approximate surface area is 191 Å². The third kappa shape index (κ3) is 5.61. The van der Waals surface area contributed by atoms with E-state index in [1.165, 1.54) is 0 Å². The van der Waals surface area contributed by atoms with Gasteiger partial charge in [0.25, 0.3) is 5.91 Å². The minimum absolute atomic E-state index is 0.0296. The molecule has 0 bridgehead atoms. The number of fused-ring (bicyclic) bond motifs is 1. The standard InChI is InChI=1S/C25H25N5O3/c1-17-6-9-20(10-7-17)25(32)26-15-22-16-30(29-27-22)23(14-24(31)28-33)13-18-8-11-19-4-2-3-5-21(19)12-18/h2-12,16,23,33H,13-15H2,1H3,(H,26,32)(H,28,31). The summed E-state index contributed by atoms with van der Waals surface area (Å²) in [4.78, 5) is 24.3. The molecular formula is C25H25N5O3. The van der Waals surface area contributed by atoms with Gasteiger partial charge < -0.3 is 5.32 Å². The minimum atomic E-state index is -0.509. The number of rotatable bonds is 8. The molecule has 4 rings (SSSR count). The van der Waals surface area contributed by atoms with Gasteiger partial charge in [0.15, 0.2) is 0 Å². The third-order valence-electron chi connectivity index (χ3n) is 5.51. The second-order valence-corrected chi connectivity index (χ2v) is 8.02. The summed E-state index contributed by atoms with van der Waals surface area (Å²) in [6.45, 7) is 2.17. The van der Waals surface area contributed by atoms with E-state index in [0.29, 0.717) is 17.7 Å². The van der Waals surface area contributed by atoms with Crippen LogP contribution in [0.2, 0.25) is 0 Å². The average molecular weight is 444 g/mol. The second kappa shape index (κ2) is 10.1. The molecule has 0 saturated heterocycles. The minimum Gasteiger partial charge on any atom is -0.346 e. The van der Waals surface area contributed by atoms with Crippen LogP contribution in [-0.2, 0) is 17.8 Å². The first-order chi connectivity index (χ1) is 16.0. The maximum Gasteiger partial charge on any atom is 0.251 e. The maximum atomic E-state index is 12.4. The molecule has 1 atom stereocenters. The Morgan fingerprint density at radius 3 is 2.55 bits per heavy atom. The third-order valence-corrected chi connectivity index (χ3v) is 5.51. The number of nitrogens with one attached hydrogen (secondary N) is 2. The van der Waals surface area contributed by atoms with E-state index in [1.807, 2.05) is 55.5 Å². The van der Waals surface area contributed by atoms with Crippen molar-refractivity contribution in [1.82, 2.24) is 25.8 Å². The van der Waals surface area contributed by atoms with Crippen molar-refractivity contribution in [2.45, 2.75) is 32.4 Å². The molecule has 0 saturated carbocycles. The summed E-state index contributed by atoms with van der Waals surface area (Å²) >= 11 is 0. The van der Waals surface area contributed by atoms with Crippen LogP contribution in [0.5, 0.6) is 0 Å². The molecule has 1 aromatic heterocycles. The molecule has 1 unspecified atom stereocenters. The van der Waals surface area contributed by atoms with Crippen LogP contribution < -0.4 is 10.8 Å². The number of aryl methyl sites for hydroxylation is 1. The van der Waals surface area contributed by atoms with Crippen molar-refractivity contribution in [2.24, 2.45) is 0 Å². The lowest BCUT2D eigenvalue weighted by Crippen LogP contribution is -2.25. The van der Waals surface area contributed by atoms with E-state index < -0.39 is 5.91 Å². The van der Waals surface area contributed by atoms with Gasteiger partial charge in [-0.15, -0.1) is 5.10 Å². The Morgan fingerprint density at radius 2 is 1.79 bits per heavy atom. The molecule has 0 radical (unpaired) electrons. The summed E-state index contributed by atoms with van der Waals surface area (Å²) in [5.74, 6) is -0.706. The SMILES string of the molecule is Cc1ccc(C(=O)NCc2cn(C(CC(=O)NO)Cc3ccc4ccccc4c3)nn2)cc1. The Bertz CT molecular complexity index is 1270. The van der Waals surface area contributed by atoms with Crippen LogP contribution in [-0.4, -0.2) is 32.0 Å². The zero-order chi connectivity index (χ0) is 23.2. The molecular weight excluding hydrogens is 418 g/mol. The molecule has 8 nitrogen and oxygen atoms in total. The highest BCUT2D eigenvalue weighted by atomic mass is 16.5. The molecule has 3 aromatic carbocycles. The van der Waals surface area contributed by atoms with Crippen molar-refractivity contribution in [1.29, 1.82) is 0 Å². The first-order valence-corrected chi connectivity index (χ1v) is 10.7. The van der Waals surface area contributed by atoms with Gasteiger partial charge in [-0.25, -0.2) is 10.2 Å². The van der Waals surface area contributed by atoms with Gasteiger partial charge >= 0.3 is 0 Å². The summed E-state index contributed by atoms with van der Waals surface area (Å²) < 4.78 is 1.61. The highest BCUT2D eigenvalue weighted by Crippen LogP contribution is 2.22. The molecule has 8 heteroatoms. The molecule has 0 fully saturated rings. The molecule has 0 aliphatic heterocycles. The first kappa shape index (κ1) is 22.2. The zero-order valence-corrected chi connectivity index (χ0v) is 18.2. The molecule has 3 N–H and O–H groups in total. The number of nitrogens with zero attached hydrogens (tertiary/aromatic N) is 3. The molecule has 168 valence electrons. The summed E-state index contributed by atoms with van der Waals surface area (Å²) in [5, 5.41) is 22.4. The number of hydroxylamine groups is 1. The van der Waals surface area contributed by atoms with Gasteiger partial charge in [-0.2, -0.15) is 0 Å². The van der Waals surface area contributed by atoms with E-state index in [4.69, 9.17) is 5.21 Å². The van der Waals surface area contributed by atoms with Crippen LogP contribution in [0.3, 0.4) is 0 Å². The molecule has 0 aliphatic carbocycles. The van der Waals surface area contributed by atoms with Crippen LogP contribution in [0, 0.1) is 6.92 Å². The van der Waals surface area contributed by atoms with E-state index in [-0.39, 0.29) is 24.9 Å². The fourth-order valence-electron chi connectivity index (χ4n) is 3.71. The van der Waals surface area contributed by atoms with Crippen LogP contribution in [0.1, 0.15) is 39.6 Å². The van der Waals surface area contributed by atoms with Gasteiger partial charge in [0.1, 0.15) is 5.69 Å². The van der Waals surface area contributed by atoms with E-state index in [0.717, 1.165) is 21.9 Å². The van der Waals surface area contributed by atoms with Gasteiger partial charge in [0.05, 0.1) is 25.2 Å². The van der Waals surface area contributed by atoms with Crippen molar-refractivity contribution in [3.63, 3.8) is 0 Å². The quantitative estimate of drug-likeness (QED) is 0.286. The number of amides is 2. The number of carbonyl (C=O) groups is 2. The fourth-order valence-corrected chi connectivity index (χ4v) is 3.71. The molecule has 0 spiro atoms. The van der Waals surface area contributed by atoms with Crippen LogP contribution in [0.25, 0.3) is 10.8 Å². The van der Waals surface area contributed by atoms with Crippen LogP contribution in [0.4, 0.5) is 0 Å². The monoisotopic (exact) mass is 443 g/mol. The summed E-state index contributed by atoms with van der Waals surface area (Å²) in [6, 6.07) is 21.2. The van der Waals surface area contributed by atoms with Gasteiger partial charge in [-0.05, 0) is 41.8 Å². The van der Waals surface area contributed by atoms with Crippen molar-refractivity contribution in [3.05, 3.63) is 95.3 Å². The Morgan fingerprint density at radius 1 is 1.03 bits per heavy atom. The summed E-state index contributed by atoms with van der Waals surface area (Å²) in [7, 11) is 0. The van der Waals surface area contributed by atoms with Crippen LogP contribution in [0.15, 0.2) is 72.9 Å².